The molecule has 9 heteroatoms. The molecule has 0 bridgehead atoms. The molecule has 1 amide bonds. The molecule has 0 spiro atoms. The molecule has 3 rings (SSSR count). The van der Waals surface area contributed by atoms with E-state index in [1.807, 2.05) is 12.1 Å². The summed E-state index contributed by atoms with van der Waals surface area (Å²) in [5.74, 6) is 0.863. The summed E-state index contributed by atoms with van der Waals surface area (Å²) in [4.78, 5) is 14.8. The van der Waals surface area contributed by atoms with E-state index in [-0.39, 0.29) is 17.3 Å². The van der Waals surface area contributed by atoms with E-state index < -0.39 is 10.0 Å². The maximum absolute atomic E-state index is 13.2. The van der Waals surface area contributed by atoms with Crippen LogP contribution in [0.2, 0.25) is 0 Å². The van der Waals surface area contributed by atoms with Gasteiger partial charge < -0.3 is 19.1 Å². The van der Waals surface area contributed by atoms with Gasteiger partial charge in [-0.3, -0.25) is 4.79 Å². The molecule has 0 atom stereocenters. The van der Waals surface area contributed by atoms with Crippen molar-refractivity contribution in [3.05, 3.63) is 53.1 Å². The first kappa shape index (κ1) is 23.1. The van der Waals surface area contributed by atoms with Crippen molar-refractivity contribution in [2.45, 2.75) is 18.4 Å². The highest BCUT2D eigenvalue weighted by Crippen LogP contribution is 2.31. The van der Waals surface area contributed by atoms with Crippen LogP contribution in [0, 0.1) is 6.92 Å². The Labute approximate surface area is 183 Å². The number of benzene rings is 2. The summed E-state index contributed by atoms with van der Waals surface area (Å²) in [7, 11) is 1.08. The number of carbonyl (C=O) groups excluding carboxylic acids is 1. The number of ether oxygens (including phenoxy) is 3. The first-order valence-electron chi connectivity index (χ1n) is 9.93. The van der Waals surface area contributed by atoms with Crippen LogP contribution in [0.5, 0.6) is 11.5 Å². The van der Waals surface area contributed by atoms with Gasteiger partial charge in [0.2, 0.25) is 10.0 Å². The highest BCUT2D eigenvalue weighted by atomic mass is 32.2. The summed E-state index contributed by atoms with van der Waals surface area (Å²) < 4.78 is 43.4. The zero-order chi connectivity index (χ0) is 22.6. The number of hydrogen-bond acceptors (Lipinski definition) is 6. The van der Waals surface area contributed by atoms with Crippen LogP contribution < -0.4 is 9.47 Å². The Balaban J connectivity index is 1.87. The molecule has 1 saturated heterocycles. The topological polar surface area (TPSA) is 85.4 Å². The Kier molecular flexibility index (Phi) is 7.19. The van der Waals surface area contributed by atoms with E-state index >= 15 is 0 Å². The number of nitrogens with zero attached hydrogens (tertiary/aromatic N) is 2. The van der Waals surface area contributed by atoms with Crippen molar-refractivity contribution in [1.29, 1.82) is 0 Å². The van der Waals surface area contributed by atoms with Crippen LogP contribution in [0.15, 0.2) is 41.3 Å². The Morgan fingerprint density at radius 2 is 1.84 bits per heavy atom. The van der Waals surface area contributed by atoms with Crippen molar-refractivity contribution < 1.29 is 27.4 Å². The first-order valence-corrected chi connectivity index (χ1v) is 11.4. The predicted molar refractivity (Wildman–Crippen MR) is 116 cm³/mol. The molecule has 1 fully saturated rings. The summed E-state index contributed by atoms with van der Waals surface area (Å²) in [5, 5.41) is 0. The lowest BCUT2D eigenvalue weighted by Gasteiger charge is -2.26. The summed E-state index contributed by atoms with van der Waals surface area (Å²) in [6.07, 6.45) is 0. The van der Waals surface area contributed by atoms with E-state index in [1.165, 1.54) is 15.3 Å². The summed E-state index contributed by atoms with van der Waals surface area (Å²) in [6, 6.07) is 10.1. The van der Waals surface area contributed by atoms with Gasteiger partial charge in [0, 0.05) is 37.8 Å². The van der Waals surface area contributed by atoms with Gasteiger partial charge in [-0.05, 0) is 30.7 Å². The summed E-state index contributed by atoms with van der Waals surface area (Å²) in [6.45, 7) is 3.39. The number of para-hydroxylation sites is 1. The molecule has 0 N–H and O–H groups in total. The molecular weight excluding hydrogens is 420 g/mol. The smallest absolute Gasteiger partial charge is 0.254 e. The number of sulfonamides is 1. The van der Waals surface area contributed by atoms with Crippen LogP contribution in [0.4, 0.5) is 0 Å². The predicted octanol–water partition coefficient (Wildman–Crippen LogP) is 2.31. The van der Waals surface area contributed by atoms with Gasteiger partial charge in [0.05, 0.1) is 32.3 Å². The van der Waals surface area contributed by atoms with Crippen molar-refractivity contribution in [3.63, 3.8) is 0 Å². The third kappa shape index (κ3) is 4.84. The van der Waals surface area contributed by atoms with E-state index in [4.69, 9.17) is 14.2 Å². The van der Waals surface area contributed by atoms with Crippen molar-refractivity contribution >= 4 is 15.9 Å². The summed E-state index contributed by atoms with van der Waals surface area (Å²) in [5.41, 5.74) is 1.83. The van der Waals surface area contributed by atoms with Gasteiger partial charge in [-0.2, -0.15) is 4.31 Å². The number of amides is 1. The van der Waals surface area contributed by atoms with Crippen molar-refractivity contribution in [2.75, 3.05) is 47.6 Å². The zero-order valence-electron chi connectivity index (χ0n) is 18.3. The van der Waals surface area contributed by atoms with Gasteiger partial charge in [0.1, 0.15) is 0 Å². The van der Waals surface area contributed by atoms with Gasteiger partial charge >= 0.3 is 0 Å². The lowest BCUT2D eigenvalue weighted by Crippen LogP contribution is -2.40. The number of aryl methyl sites for hydroxylation is 1. The number of rotatable bonds is 7. The number of hydrogen-bond donors (Lipinski definition) is 0. The SMILES string of the molecule is COc1cccc(CN(C)C(=O)c2cc(S(=O)(=O)N3CCOCC3)ccc2C)c1OC. The van der Waals surface area contributed by atoms with Crippen LogP contribution in [0.3, 0.4) is 0 Å². The van der Waals surface area contributed by atoms with Crippen LogP contribution in [-0.2, 0) is 21.3 Å². The number of methoxy groups -OCH3 is 2. The zero-order valence-corrected chi connectivity index (χ0v) is 19.1. The normalized spacial score (nSPS) is 14.8. The van der Waals surface area contributed by atoms with E-state index in [0.717, 1.165) is 5.56 Å². The minimum atomic E-state index is -3.69. The first-order chi connectivity index (χ1) is 14.8. The molecule has 2 aromatic rings. The largest absolute Gasteiger partial charge is 0.493 e. The van der Waals surface area contributed by atoms with Crippen molar-refractivity contribution in [2.24, 2.45) is 0 Å². The fourth-order valence-corrected chi connectivity index (χ4v) is 4.97. The van der Waals surface area contributed by atoms with E-state index in [9.17, 15) is 13.2 Å². The minimum Gasteiger partial charge on any atom is -0.493 e. The van der Waals surface area contributed by atoms with E-state index in [1.54, 1.807) is 46.4 Å². The fraction of sp³-hybridized carbons (Fsp3) is 0.409. The lowest BCUT2D eigenvalue weighted by molar-refractivity contribution is 0.0730. The third-order valence-electron chi connectivity index (χ3n) is 5.29. The van der Waals surface area contributed by atoms with Gasteiger partial charge in [0.25, 0.3) is 5.91 Å². The second-order valence-electron chi connectivity index (χ2n) is 7.31. The summed E-state index contributed by atoms with van der Waals surface area (Å²) >= 11 is 0. The molecule has 1 aliphatic rings. The average Bonchev–Trinajstić information content (AvgIpc) is 2.79. The van der Waals surface area contributed by atoms with Gasteiger partial charge in [-0.15, -0.1) is 0 Å². The maximum atomic E-state index is 13.2. The average molecular weight is 449 g/mol. The maximum Gasteiger partial charge on any atom is 0.254 e. The van der Waals surface area contributed by atoms with Crippen LogP contribution >= 0.6 is 0 Å². The number of morpholine rings is 1. The lowest BCUT2D eigenvalue weighted by atomic mass is 10.1. The molecule has 0 aromatic heterocycles. The van der Waals surface area contributed by atoms with Crippen LogP contribution in [-0.4, -0.2) is 71.1 Å². The Hall–Kier alpha value is -2.62. The molecule has 31 heavy (non-hydrogen) atoms. The molecule has 168 valence electrons. The van der Waals surface area contributed by atoms with Crippen LogP contribution in [0.25, 0.3) is 0 Å². The second-order valence-corrected chi connectivity index (χ2v) is 9.24. The van der Waals surface area contributed by atoms with Gasteiger partial charge in [-0.25, -0.2) is 8.42 Å². The van der Waals surface area contributed by atoms with E-state index in [2.05, 4.69) is 0 Å². The third-order valence-corrected chi connectivity index (χ3v) is 7.18. The highest BCUT2D eigenvalue weighted by molar-refractivity contribution is 7.89. The monoisotopic (exact) mass is 448 g/mol. The molecule has 1 aliphatic heterocycles. The van der Waals surface area contributed by atoms with Crippen LogP contribution in [0.1, 0.15) is 21.5 Å². The Morgan fingerprint density at radius 1 is 1.13 bits per heavy atom. The quantitative estimate of drug-likeness (QED) is 0.646. The van der Waals surface area contributed by atoms with Gasteiger partial charge in [0.15, 0.2) is 11.5 Å². The Morgan fingerprint density at radius 3 is 2.48 bits per heavy atom. The minimum absolute atomic E-state index is 0.107. The molecule has 0 unspecified atom stereocenters. The van der Waals surface area contributed by atoms with Crippen molar-refractivity contribution in [1.82, 2.24) is 9.21 Å². The Bertz CT molecular complexity index is 1050. The highest BCUT2D eigenvalue weighted by Gasteiger charge is 2.28. The molecule has 0 radical (unpaired) electrons. The molecule has 8 nitrogen and oxygen atoms in total. The van der Waals surface area contributed by atoms with Gasteiger partial charge in [-0.1, -0.05) is 18.2 Å². The fourth-order valence-electron chi connectivity index (χ4n) is 3.54. The standard InChI is InChI=1S/C22H28N2O6S/c1-16-8-9-18(31(26,27)24-10-12-30-13-11-24)14-19(16)22(25)23(2)15-17-6-5-7-20(28-3)21(17)29-4/h5-9,14H,10-13,15H2,1-4H3. The van der Waals surface area contributed by atoms with E-state index in [0.29, 0.717) is 48.9 Å². The van der Waals surface area contributed by atoms with Crippen molar-refractivity contribution in [3.8, 4) is 11.5 Å². The molecule has 0 aliphatic carbocycles. The molecular formula is C22H28N2O6S. The molecule has 2 aromatic carbocycles. The second kappa shape index (κ2) is 9.67. The molecule has 1 heterocycles. The molecule has 0 saturated carbocycles. The number of carbonyl (C=O) groups is 1.